The molecule has 7 heteroatoms. The number of amides is 4. The molecular formula is C16H18ClN3O3. The largest absolute Gasteiger partial charge is 0.342 e. The van der Waals surface area contributed by atoms with Crippen LogP contribution in [0.3, 0.4) is 0 Å². The summed E-state index contributed by atoms with van der Waals surface area (Å²) in [6.07, 6.45) is 2.16. The van der Waals surface area contributed by atoms with Gasteiger partial charge in [0.05, 0.1) is 0 Å². The van der Waals surface area contributed by atoms with Crippen LogP contribution in [0.1, 0.15) is 24.0 Å². The van der Waals surface area contributed by atoms with Gasteiger partial charge in [0.25, 0.3) is 5.91 Å². The predicted octanol–water partition coefficient (Wildman–Crippen LogP) is 1.26. The highest BCUT2D eigenvalue weighted by atomic mass is 35.5. The Kier molecular flexibility index (Phi) is 4.52. The van der Waals surface area contributed by atoms with Crippen molar-refractivity contribution in [2.24, 2.45) is 0 Å². The zero-order valence-electron chi connectivity index (χ0n) is 12.6. The fourth-order valence-corrected chi connectivity index (χ4v) is 3.23. The molecule has 2 aliphatic heterocycles. The van der Waals surface area contributed by atoms with Gasteiger partial charge in [0, 0.05) is 24.5 Å². The van der Waals surface area contributed by atoms with Gasteiger partial charge in [-0.15, -0.1) is 0 Å². The molecule has 2 N–H and O–H groups in total. The Balaban J connectivity index is 1.55. The van der Waals surface area contributed by atoms with E-state index < -0.39 is 12.1 Å². The summed E-state index contributed by atoms with van der Waals surface area (Å²) in [4.78, 5) is 36.7. The fraction of sp³-hybridized carbons (Fsp3) is 0.438. The quantitative estimate of drug-likeness (QED) is 0.816. The van der Waals surface area contributed by atoms with Crippen LogP contribution in [0, 0.1) is 0 Å². The number of carbonyl (C=O) groups is 3. The molecule has 3 rings (SSSR count). The average molecular weight is 336 g/mol. The number of halogens is 1. The summed E-state index contributed by atoms with van der Waals surface area (Å²) in [7, 11) is 0. The van der Waals surface area contributed by atoms with Crippen molar-refractivity contribution in [1.29, 1.82) is 0 Å². The number of carbonyl (C=O) groups excluding carboxylic acids is 3. The van der Waals surface area contributed by atoms with Gasteiger partial charge in [-0.1, -0.05) is 17.7 Å². The van der Waals surface area contributed by atoms with Crippen LogP contribution in [-0.2, 0) is 22.4 Å². The van der Waals surface area contributed by atoms with Gasteiger partial charge < -0.3 is 10.2 Å². The van der Waals surface area contributed by atoms with Crippen LogP contribution in [0.4, 0.5) is 4.79 Å². The standard InChI is InChI=1S/C16H18ClN3O3/c17-12-2-1-10-5-7-20(8-6-11(10)9-12)14(21)4-3-13-15(22)19-16(23)18-13/h1-2,9,13H,3-8H2,(H2,18,19,22,23)/t13-/m1/s1. The third-order valence-corrected chi connectivity index (χ3v) is 4.56. The summed E-state index contributed by atoms with van der Waals surface area (Å²) in [6.45, 7) is 1.31. The van der Waals surface area contributed by atoms with E-state index in [0.717, 1.165) is 12.8 Å². The molecule has 1 atom stereocenters. The molecular weight excluding hydrogens is 318 g/mol. The van der Waals surface area contributed by atoms with Gasteiger partial charge in [0.15, 0.2) is 0 Å². The Morgan fingerprint density at radius 2 is 1.96 bits per heavy atom. The van der Waals surface area contributed by atoms with E-state index in [1.807, 2.05) is 23.1 Å². The first kappa shape index (κ1) is 15.8. The molecule has 2 heterocycles. The second-order valence-electron chi connectivity index (χ2n) is 5.85. The summed E-state index contributed by atoms with van der Waals surface area (Å²) in [5, 5.41) is 5.39. The van der Waals surface area contributed by atoms with Crippen LogP contribution in [0.15, 0.2) is 18.2 Å². The maximum Gasteiger partial charge on any atom is 0.322 e. The molecule has 6 nitrogen and oxygen atoms in total. The molecule has 0 spiro atoms. The van der Waals surface area contributed by atoms with Crippen LogP contribution in [0.2, 0.25) is 5.02 Å². The van der Waals surface area contributed by atoms with E-state index in [0.29, 0.717) is 24.5 Å². The zero-order valence-corrected chi connectivity index (χ0v) is 13.4. The van der Waals surface area contributed by atoms with Crippen molar-refractivity contribution in [1.82, 2.24) is 15.5 Å². The number of nitrogens with zero attached hydrogens (tertiary/aromatic N) is 1. The monoisotopic (exact) mass is 335 g/mol. The topological polar surface area (TPSA) is 78.5 Å². The lowest BCUT2D eigenvalue weighted by molar-refractivity contribution is -0.131. The Morgan fingerprint density at radius 1 is 1.22 bits per heavy atom. The molecule has 2 aliphatic rings. The maximum atomic E-state index is 12.4. The highest BCUT2D eigenvalue weighted by molar-refractivity contribution is 6.30. The van der Waals surface area contributed by atoms with Crippen LogP contribution in [0.25, 0.3) is 0 Å². The van der Waals surface area contributed by atoms with E-state index in [4.69, 9.17) is 11.6 Å². The Bertz CT molecular complexity index is 662. The number of urea groups is 1. The van der Waals surface area contributed by atoms with Crippen molar-refractivity contribution in [3.63, 3.8) is 0 Å². The van der Waals surface area contributed by atoms with Crippen LogP contribution < -0.4 is 10.6 Å². The number of benzene rings is 1. The fourth-order valence-electron chi connectivity index (χ4n) is 3.03. The van der Waals surface area contributed by atoms with Crippen LogP contribution in [-0.4, -0.2) is 41.9 Å². The summed E-state index contributed by atoms with van der Waals surface area (Å²) in [6, 6.07) is 4.76. The first-order valence-electron chi connectivity index (χ1n) is 7.69. The lowest BCUT2D eigenvalue weighted by Gasteiger charge is -2.20. The molecule has 122 valence electrons. The normalized spacial score (nSPS) is 20.6. The third kappa shape index (κ3) is 3.64. The van der Waals surface area contributed by atoms with E-state index in [1.165, 1.54) is 11.1 Å². The number of imide groups is 1. The minimum absolute atomic E-state index is 0.0119. The zero-order chi connectivity index (χ0) is 16.4. The molecule has 1 fully saturated rings. The molecule has 4 amide bonds. The number of nitrogens with one attached hydrogen (secondary N) is 2. The molecule has 0 aromatic heterocycles. The van der Waals surface area contributed by atoms with Gasteiger partial charge in [-0.25, -0.2) is 4.79 Å². The van der Waals surface area contributed by atoms with Crippen molar-refractivity contribution >= 4 is 29.4 Å². The number of hydrogen-bond donors (Lipinski definition) is 2. The predicted molar refractivity (Wildman–Crippen MR) is 85.1 cm³/mol. The lowest BCUT2D eigenvalue weighted by atomic mass is 10.0. The first-order chi connectivity index (χ1) is 11.0. The smallest absolute Gasteiger partial charge is 0.322 e. The van der Waals surface area contributed by atoms with Gasteiger partial charge in [0.1, 0.15) is 6.04 Å². The maximum absolute atomic E-state index is 12.4. The van der Waals surface area contributed by atoms with Crippen LogP contribution >= 0.6 is 11.6 Å². The minimum Gasteiger partial charge on any atom is -0.342 e. The molecule has 0 bridgehead atoms. The molecule has 0 radical (unpaired) electrons. The molecule has 23 heavy (non-hydrogen) atoms. The van der Waals surface area contributed by atoms with Crippen molar-refractivity contribution < 1.29 is 14.4 Å². The Morgan fingerprint density at radius 3 is 2.65 bits per heavy atom. The molecule has 1 aromatic rings. The summed E-state index contributed by atoms with van der Waals surface area (Å²) < 4.78 is 0. The third-order valence-electron chi connectivity index (χ3n) is 4.33. The average Bonchev–Trinajstić information content (AvgIpc) is 2.72. The summed E-state index contributed by atoms with van der Waals surface area (Å²) in [5.41, 5.74) is 2.42. The Labute approximate surface area is 139 Å². The second kappa shape index (κ2) is 6.58. The van der Waals surface area contributed by atoms with Gasteiger partial charge in [-0.05, 0) is 42.5 Å². The number of hydrogen-bond acceptors (Lipinski definition) is 3. The summed E-state index contributed by atoms with van der Waals surface area (Å²) >= 11 is 6.02. The van der Waals surface area contributed by atoms with Crippen molar-refractivity contribution in [3.8, 4) is 0 Å². The molecule has 0 saturated carbocycles. The highest BCUT2D eigenvalue weighted by Gasteiger charge is 2.30. The van der Waals surface area contributed by atoms with Crippen LogP contribution in [0.5, 0.6) is 0 Å². The van der Waals surface area contributed by atoms with Gasteiger partial charge in [-0.2, -0.15) is 0 Å². The molecule has 0 aliphatic carbocycles. The van der Waals surface area contributed by atoms with E-state index in [9.17, 15) is 14.4 Å². The molecule has 1 aromatic carbocycles. The molecule has 1 saturated heterocycles. The summed E-state index contributed by atoms with van der Waals surface area (Å²) in [5.74, 6) is -0.349. The highest BCUT2D eigenvalue weighted by Crippen LogP contribution is 2.21. The Hall–Kier alpha value is -2.08. The van der Waals surface area contributed by atoms with Crippen molar-refractivity contribution in [2.75, 3.05) is 13.1 Å². The van der Waals surface area contributed by atoms with Crippen molar-refractivity contribution in [2.45, 2.75) is 31.7 Å². The van der Waals surface area contributed by atoms with Gasteiger partial charge in [-0.3, -0.25) is 14.9 Å². The second-order valence-corrected chi connectivity index (χ2v) is 6.28. The van der Waals surface area contributed by atoms with Crippen molar-refractivity contribution in [3.05, 3.63) is 34.3 Å². The minimum atomic E-state index is -0.602. The first-order valence-corrected chi connectivity index (χ1v) is 8.07. The van der Waals surface area contributed by atoms with Gasteiger partial charge >= 0.3 is 6.03 Å². The lowest BCUT2D eigenvalue weighted by Crippen LogP contribution is -2.36. The van der Waals surface area contributed by atoms with E-state index in [-0.39, 0.29) is 18.2 Å². The van der Waals surface area contributed by atoms with E-state index in [2.05, 4.69) is 10.6 Å². The van der Waals surface area contributed by atoms with E-state index >= 15 is 0 Å². The molecule has 0 unspecified atom stereocenters. The number of fused-ring (bicyclic) bond motifs is 1. The van der Waals surface area contributed by atoms with E-state index in [1.54, 1.807) is 0 Å². The number of rotatable bonds is 3. The van der Waals surface area contributed by atoms with Gasteiger partial charge in [0.2, 0.25) is 5.91 Å². The SMILES string of the molecule is O=C1NC(=O)[C@@H](CCC(=O)N2CCc3ccc(Cl)cc3CC2)N1.